The molecule has 4 nitrogen and oxygen atoms in total. The molecule has 0 bridgehead atoms. The standard InChI is InChI=1S/C19H21BrN4/c20-16-8-4-5-9-17(16)24-18(21)22-13-19(24)10-11-23(14-19)12-15-6-2-1-3-7-15/h1-9H,10-14H2,(H2,21,22). The molecule has 2 heterocycles. The van der Waals surface area contributed by atoms with E-state index in [4.69, 9.17) is 5.73 Å². The molecule has 2 aromatic carbocycles. The van der Waals surface area contributed by atoms with Gasteiger partial charge in [-0.1, -0.05) is 42.5 Å². The Labute approximate surface area is 151 Å². The summed E-state index contributed by atoms with van der Waals surface area (Å²) < 4.78 is 1.06. The maximum Gasteiger partial charge on any atom is 0.196 e. The van der Waals surface area contributed by atoms with Crippen molar-refractivity contribution in [2.75, 3.05) is 24.5 Å². The van der Waals surface area contributed by atoms with Crippen LogP contribution in [0, 0.1) is 0 Å². The van der Waals surface area contributed by atoms with Crippen LogP contribution in [0.25, 0.3) is 0 Å². The number of halogens is 1. The van der Waals surface area contributed by atoms with Crippen molar-refractivity contribution < 1.29 is 0 Å². The molecule has 1 saturated heterocycles. The molecule has 0 radical (unpaired) electrons. The van der Waals surface area contributed by atoms with Gasteiger partial charge in [-0.2, -0.15) is 0 Å². The molecule has 1 spiro atoms. The van der Waals surface area contributed by atoms with Gasteiger partial charge in [0.15, 0.2) is 5.96 Å². The van der Waals surface area contributed by atoms with Crippen molar-refractivity contribution in [3.8, 4) is 0 Å². The first-order chi connectivity index (χ1) is 11.7. The number of anilines is 1. The molecular formula is C19H21BrN4. The lowest BCUT2D eigenvalue weighted by Gasteiger charge is -2.36. The molecule has 1 unspecified atom stereocenters. The zero-order valence-electron chi connectivity index (χ0n) is 13.5. The van der Waals surface area contributed by atoms with Crippen LogP contribution in [-0.4, -0.2) is 36.0 Å². The quantitative estimate of drug-likeness (QED) is 0.883. The summed E-state index contributed by atoms with van der Waals surface area (Å²) >= 11 is 3.67. The van der Waals surface area contributed by atoms with E-state index in [9.17, 15) is 0 Å². The van der Waals surface area contributed by atoms with Crippen molar-refractivity contribution in [1.29, 1.82) is 0 Å². The molecule has 0 aromatic heterocycles. The summed E-state index contributed by atoms with van der Waals surface area (Å²) in [7, 11) is 0. The van der Waals surface area contributed by atoms with Crippen molar-refractivity contribution in [2.45, 2.75) is 18.5 Å². The highest BCUT2D eigenvalue weighted by atomic mass is 79.9. The molecule has 1 fully saturated rings. The lowest BCUT2D eigenvalue weighted by Crippen LogP contribution is -2.53. The summed E-state index contributed by atoms with van der Waals surface area (Å²) in [5.74, 6) is 0.628. The van der Waals surface area contributed by atoms with E-state index >= 15 is 0 Å². The van der Waals surface area contributed by atoms with Gasteiger partial charge in [0.05, 0.1) is 17.8 Å². The first-order valence-corrected chi connectivity index (χ1v) is 9.08. The van der Waals surface area contributed by atoms with Gasteiger partial charge in [-0.05, 0) is 40.0 Å². The minimum Gasteiger partial charge on any atom is -0.369 e. The van der Waals surface area contributed by atoms with E-state index in [2.05, 4.69) is 79.3 Å². The van der Waals surface area contributed by atoms with E-state index in [0.29, 0.717) is 5.96 Å². The zero-order valence-corrected chi connectivity index (χ0v) is 15.1. The van der Waals surface area contributed by atoms with Crippen LogP contribution in [0.5, 0.6) is 0 Å². The number of likely N-dealkylation sites (tertiary alicyclic amines) is 1. The van der Waals surface area contributed by atoms with Gasteiger partial charge in [0.1, 0.15) is 0 Å². The van der Waals surface area contributed by atoms with Crippen LogP contribution >= 0.6 is 15.9 Å². The van der Waals surface area contributed by atoms with Crippen LogP contribution in [0.15, 0.2) is 64.1 Å². The zero-order chi connectivity index (χ0) is 16.6. The Bertz CT molecular complexity index is 761. The first-order valence-electron chi connectivity index (χ1n) is 8.29. The van der Waals surface area contributed by atoms with Gasteiger partial charge in [-0.3, -0.25) is 9.89 Å². The Morgan fingerprint density at radius 1 is 1.08 bits per heavy atom. The van der Waals surface area contributed by atoms with Crippen molar-refractivity contribution in [3.05, 3.63) is 64.6 Å². The Kier molecular flexibility index (Phi) is 4.06. The number of nitrogens with two attached hydrogens (primary N) is 1. The SMILES string of the molecule is NC1=NCC2(CCN(Cc3ccccc3)C2)N1c1ccccc1Br. The monoisotopic (exact) mass is 384 g/mol. The second-order valence-corrected chi connectivity index (χ2v) is 7.49. The van der Waals surface area contributed by atoms with Gasteiger partial charge < -0.3 is 10.6 Å². The third-order valence-electron chi connectivity index (χ3n) is 4.99. The molecule has 0 amide bonds. The maximum absolute atomic E-state index is 6.27. The average molecular weight is 385 g/mol. The van der Waals surface area contributed by atoms with Gasteiger partial charge in [-0.25, -0.2) is 0 Å². The predicted molar refractivity (Wildman–Crippen MR) is 102 cm³/mol. The second-order valence-electron chi connectivity index (χ2n) is 6.63. The van der Waals surface area contributed by atoms with Gasteiger partial charge in [-0.15, -0.1) is 0 Å². The summed E-state index contributed by atoms with van der Waals surface area (Å²) in [4.78, 5) is 9.33. The molecule has 2 aliphatic rings. The van der Waals surface area contributed by atoms with E-state index in [1.165, 1.54) is 5.56 Å². The number of nitrogens with zero attached hydrogens (tertiary/aromatic N) is 3. The van der Waals surface area contributed by atoms with E-state index < -0.39 is 0 Å². The van der Waals surface area contributed by atoms with Gasteiger partial charge in [0.25, 0.3) is 0 Å². The van der Waals surface area contributed by atoms with Gasteiger partial charge in [0.2, 0.25) is 0 Å². The van der Waals surface area contributed by atoms with Crippen LogP contribution in [-0.2, 0) is 6.54 Å². The first kappa shape index (κ1) is 15.7. The van der Waals surface area contributed by atoms with Crippen molar-refractivity contribution in [3.63, 3.8) is 0 Å². The van der Waals surface area contributed by atoms with Crippen LogP contribution in [0.2, 0.25) is 0 Å². The lowest BCUT2D eigenvalue weighted by molar-refractivity contribution is 0.308. The molecule has 0 aliphatic carbocycles. The number of guanidine groups is 1. The number of rotatable bonds is 3. The summed E-state index contributed by atoms with van der Waals surface area (Å²) in [5.41, 5.74) is 8.71. The van der Waals surface area contributed by atoms with Crippen LogP contribution in [0.4, 0.5) is 5.69 Å². The highest BCUT2D eigenvalue weighted by Crippen LogP contribution is 2.39. The molecule has 4 rings (SSSR count). The van der Waals surface area contributed by atoms with Gasteiger partial charge in [0, 0.05) is 24.1 Å². The number of benzene rings is 2. The lowest BCUT2D eigenvalue weighted by atomic mass is 9.97. The highest BCUT2D eigenvalue weighted by molar-refractivity contribution is 9.10. The minimum atomic E-state index is -0.0251. The smallest absolute Gasteiger partial charge is 0.196 e. The largest absolute Gasteiger partial charge is 0.369 e. The molecule has 24 heavy (non-hydrogen) atoms. The highest BCUT2D eigenvalue weighted by Gasteiger charge is 2.48. The van der Waals surface area contributed by atoms with Crippen LogP contribution in [0.3, 0.4) is 0 Å². The summed E-state index contributed by atoms with van der Waals surface area (Å²) in [6.45, 7) is 3.80. The van der Waals surface area contributed by atoms with Gasteiger partial charge >= 0.3 is 0 Å². The number of aliphatic imine (C=N–C) groups is 1. The fourth-order valence-electron chi connectivity index (χ4n) is 3.85. The molecule has 124 valence electrons. The molecule has 2 N–H and O–H groups in total. The van der Waals surface area contributed by atoms with Crippen LogP contribution in [0.1, 0.15) is 12.0 Å². The summed E-state index contributed by atoms with van der Waals surface area (Å²) in [6, 6.07) is 18.9. The molecular weight excluding hydrogens is 364 g/mol. The fraction of sp³-hybridized carbons (Fsp3) is 0.316. The third-order valence-corrected chi connectivity index (χ3v) is 5.66. The number of hydrogen-bond donors (Lipinski definition) is 1. The summed E-state index contributed by atoms with van der Waals surface area (Å²) in [5, 5.41) is 0. The Morgan fingerprint density at radius 2 is 1.83 bits per heavy atom. The normalized spacial score (nSPS) is 23.9. The second kappa shape index (κ2) is 6.22. The molecule has 5 heteroatoms. The van der Waals surface area contributed by atoms with Crippen LogP contribution < -0.4 is 10.6 Å². The summed E-state index contributed by atoms with van der Waals surface area (Å²) in [6.07, 6.45) is 1.07. The number of hydrogen-bond acceptors (Lipinski definition) is 4. The molecule has 2 aliphatic heterocycles. The fourth-order valence-corrected chi connectivity index (χ4v) is 4.32. The molecule has 2 aromatic rings. The number of para-hydroxylation sites is 1. The van der Waals surface area contributed by atoms with E-state index in [-0.39, 0.29) is 5.54 Å². The van der Waals surface area contributed by atoms with Crippen molar-refractivity contribution >= 4 is 27.6 Å². The predicted octanol–water partition coefficient (Wildman–Crippen LogP) is 3.23. The molecule has 1 atom stereocenters. The van der Waals surface area contributed by atoms with E-state index in [0.717, 1.165) is 42.8 Å². The molecule has 0 saturated carbocycles. The van der Waals surface area contributed by atoms with E-state index in [1.54, 1.807) is 0 Å². The third kappa shape index (κ3) is 2.72. The maximum atomic E-state index is 6.27. The topological polar surface area (TPSA) is 44.9 Å². The van der Waals surface area contributed by atoms with Crippen molar-refractivity contribution in [1.82, 2.24) is 4.90 Å². The van der Waals surface area contributed by atoms with E-state index in [1.807, 2.05) is 6.07 Å². The Hall–Kier alpha value is -1.85. The Morgan fingerprint density at radius 3 is 2.62 bits per heavy atom. The Balaban J connectivity index is 1.58. The van der Waals surface area contributed by atoms with Crippen molar-refractivity contribution in [2.24, 2.45) is 10.7 Å². The minimum absolute atomic E-state index is 0.0251. The average Bonchev–Trinajstić information content (AvgIpc) is 3.14.